The molecule has 5 nitrogen and oxygen atoms in total. The highest BCUT2D eigenvalue weighted by molar-refractivity contribution is 6.31. The molecular weight excluding hydrogens is 264 g/mol. The molecule has 0 saturated heterocycles. The zero-order valence-corrected chi connectivity index (χ0v) is 11.7. The second kappa shape index (κ2) is 6.98. The van der Waals surface area contributed by atoms with Gasteiger partial charge in [0.25, 0.3) is 5.91 Å². The van der Waals surface area contributed by atoms with Crippen LogP contribution in [0.1, 0.15) is 30.6 Å². The molecule has 0 radical (unpaired) electrons. The second-order valence-corrected chi connectivity index (χ2v) is 4.77. The number of nitrogen functional groups attached to an aromatic ring is 1. The van der Waals surface area contributed by atoms with Gasteiger partial charge in [0.2, 0.25) is 0 Å². The van der Waals surface area contributed by atoms with E-state index in [2.05, 4.69) is 5.43 Å². The number of nitrogens with zero attached hydrogens (tertiary/aromatic N) is 2. The fourth-order valence-corrected chi connectivity index (χ4v) is 1.91. The van der Waals surface area contributed by atoms with Crippen LogP contribution in [0.3, 0.4) is 0 Å². The molecule has 19 heavy (non-hydrogen) atoms. The van der Waals surface area contributed by atoms with Crippen LogP contribution in [0.25, 0.3) is 0 Å². The van der Waals surface area contributed by atoms with Crippen molar-refractivity contribution in [3.05, 3.63) is 28.8 Å². The summed E-state index contributed by atoms with van der Waals surface area (Å²) in [6.45, 7) is 4.17. The SMILES string of the molecule is CC(C)N(CCC#N)C(=O)c1cc(Cl)ccc1NN. The van der Waals surface area contributed by atoms with E-state index in [9.17, 15) is 4.79 Å². The predicted molar refractivity (Wildman–Crippen MR) is 75.7 cm³/mol. The van der Waals surface area contributed by atoms with Gasteiger partial charge < -0.3 is 10.3 Å². The molecule has 0 atom stereocenters. The molecule has 1 aromatic rings. The van der Waals surface area contributed by atoms with Crippen LogP contribution in [-0.4, -0.2) is 23.4 Å². The average Bonchev–Trinajstić information content (AvgIpc) is 2.38. The Kier molecular flexibility index (Phi) is 5.61. The average molecular weight is 281 g/mol. The lowest BCUT2D eigenvalue weighted by Crippen LogP contribution is -2.38. The Labute approximate surface area is 117 Å². The minimum absolute atomic E-state index is 0.00884. The topological polar surface area (TPSA) is 82.2 Å². The maximum atomic E-state index is 12.5. The number of halogens is 1. The molecule has 0 unspecified atom stereocenters. The van der Waals surface area contributed by atoms with Gasteiger partial charge in [-0.15, -0.1) is 0 Å². The van der Waals surface area contributed by atoms with Crippen LogP contribution >= 0.6 is 11.6 Å². The van der Waals surface area contributed by atoms with E-state index in [1.807, 2.05) is 19.9 Å². The molecule has 3 N–H and O–H groups in total. The van der Waals surface area contributed by atoms with Crippen molar-refractivity contribution in [1.82, 2.24) is 4.90 Å². The van der Waals surface area contributed by atoms with E-state index < -0.39 is 0 Å². The molecule has 0 saturated carbocycles. The summed E-state index contributed by atoms with van der Waals surface area (Å²) in [6.07, 6.45) is 0.288. The minimum Gasteiger partial charge on any atom is -0.335 e. The molecule has 0 heterocycles. The van der Waals surface area contributed by atoms with Crippen molar-refractivity contribution in [1.29, 1.82) is 5.26 Å². The lowest BCUT2D eigenvalue weighted by atomic mass is 10.1. The van der Waals surface area contributed by atoms with E-state index in [0.29, 0.717) is 22.8 Å². The summed E-state index contributed by atoms with van der Waals surface area (Å²) in [5.74, 6) is 5.20. The van der Waals surface area contributed by atoms with Gasteiger partial charge >= 0.3 is 0 Å². The summed E-state index contributed by atoms with van der Waals surface area (Å²) in [7, 11) is 0. The van der Waals surface area contributed by atoms with E-state index in [-0.39, 0.29) is 18.4 Å². The Morgan fingerprint density at radius 2 is 2.26 bits per heavy atom. The zero-order chi connectivity index (χ0) is 14.4. The van der Waals surface area contributed by atoms with Gasteiger partial charge in [0.15, 0.2) is 0 Å². The molecule has 1 rings (SSSR count). The van der Waals surface area contributed by atoms with Crippen LogP contribution in [0.5, 0.6) is 0 Å². The third-order valence-electron chi connectivity index (χ3n) is 2.72. The molecule has 0 aromatic heterocycles. The summed E-state index contributed by atoms with van der Waals surface area (Å²) >= 11 is 5.91. The van der Waals surface area contributed by atoms with Gasteiger partial charge in [0, 0.05) is 17.6 Å². The number of nitriles is 1. The number of hydrogen-bond acceptors (Lipinski definition) is 4. The van der Waals surface area contributed by atoms with Crippen molar-refractivity contribution in [2.24, 2.45) is 5.84 Å². The number of nitrogens with one attached hydrogen (secondary N) is 1. The van der Waals surface area contributed by atoms with Crippen molar-refractivity contribution in [2.75, 3.05) is 12.0 Å². The smallest absolute Gasteiger partial charge is 0.256 e. The lowest BCUT2D eigenvalue weighted by Gasteiger charge is -2.26. The molecule has 0 bridgehead atoms. The van der Waals surface area contributed by atoms with Gasteiger partial charge in [-0.3, -0.25) is 10.6 Å². The van der Waals surface area contributed by atoms with Crippen molar-refractivity contribution in [3.8, 4) is 6.07 Å². The molecule has 1 amide bonds. The maximum Gasteiger partial charge on any atom is 0.256 e. The fourth-order valence-electron chi connectivity index (χ4n) is 1.74. The first-order valence-electron chi connectivity index (χ1n) is 5.95. The summed E-state index contributed by atoms with van der Waals surface area (Å²) in [4.78, 5) is 14.1. The van der Waals surface area contributed by atoms with E-state index in [4.69, 9.17) is 22.7 Å². The van der Waals surface area contributed by atoms with Gasteiger partial charge in [0.05, 0.1) is 23.7 Å². The van der Waals surface area contributed by atoms with Crippen molar-refractivity contribution >= 4 is 23.2 Å². The number of hydrogen-bond donors (Lipinski definition) is 2. The van der Waals surface area contributed by atoms with E-state index in [1.54, 1.807) is 23.1 Å². The van der Waals surface area contributed by atoms with Crippen LogP contribution in [0.2, 0.25) is 5.02 Å². The minimum atomic E-state index is -0.194. The predicted octanol–water partition coefficient (Wildman–Crippen LogP) is 2.39. The third-order valence-corrected chi connectivity index (χ3v) is 2.95. The van der Waals surface area contributed by atoms with Gasteiger partial charge in [-0.05, 0) is 32.0 Å². The molecule has 0 spiro atoms. The molecule has 0 aliphatic rings. The first-order valence-corrected chi connectivity index (χ1v) is 6.33. The highest BCUT2D eigenvalue weighted by atomic mass is 35.5. The Bertz CT molecular complexity index is 496. The fraction of sp³-hybridized carbons (Fsp3) is 0.385. The van der Waals surface area contributed by atoms with Crippen LogP contribution in [0.4, 0.5) is 5.69 Å². The molecular formula is C13H17ClN4O. The molecule has 0 aliphatic heterocycles. The Hall–Kier alpha value is -1.77. The Balaban J connectivity index is 3.09. The standard InChI is InChI=1S/C13H17ClN4O/c1-9(2)18(7-3-6-15)13(19)11-8-10(14)4-5-12(11)17-16/h4-5,8-9,17H,3,7,16H2,1-2H3. The largest absolute Gasteiger partial charge is 0.335 e. The van der Waals surface area contributed by atoms with Crippen molar-refractivity contribution in [3.63, 3.8) is 0 Å². The molecule has 0 aliphatic carbocycles. The highest BCUT2D eigenvalue weighted by Crippen LogP contribution is 2.22. The summed E-state index contributed by atoms with van der Waals surface area (Å²) < 4.78 is 0. The van der Waals surface area contributed by atoms with Crippen LogP contribution in [0.15, 0.2) is 18.2 Å². The van der Waals surface area contributed by atoms with Crippen LogP contribution < -0.4 is 11.3 Å². The molecule has 6 heteroatoms. The number of carbonyl (C=O) groups is 1. The molecule has 102 valence electrons. The monoisotopic (exact) mass is 280 g/mol. The second-order valence-electron chi connectivity index (χ2n) is 4.33. The van der Waals surface area contributed by atoms with Gasteiger partial charge in [-0.25, -0.2) is 0 Å². The number of hydrazine groups is 1. The van der Waals surface area contributed by atoms with E-state index in [1.165, 1.54) is 0 Å². The molecule has 0 fully saturated rings. The number of amides is 1. The highest BCUT2D eigenvalue weighted by Gasteiger charge is 2.21. The zero-order valence-electron chi connectivity index (χ0n) is 11.0. The first kappa shape index (κ1) is 15.3. The van der Waals surface area contributed by atoms with Gasteiger partial charge in [-0.2, -0.15) is 5.26 Å². The normalized spacial score (nSPS) is 10.1. The van der Waals surface area contributed by atoms with Crippen molar-refractivity contribution in [2.45, 2.75) is 26.3 Å². The van der Waals surface area contributed by atoms with E-state index in [0.717, 1.165) is 0 Å². The number of nitrogens with two attached hydrogens (primary N) is 1. The van der Waals surface area contributed by atoms with Crippen molar-refractivity contribution < 1.29 is 4.79 Å². The summed E-state index contributed by atoms with van der Waals surface area (Å²) in [6, 6.07) is 6.91. The summed E-state index contributed by atoms with van der Waals surface area (Å²) in [5.41, 5.74) is 3.40. The lowest BCUT2D eigenvalue weighted by molar-refractivity contribution is 0.0711. The number of benzene rings is 1. The van der Waals surface area contributed by atoms with Gasteiger partial charge in [0.1, 0.15) is 0 Å². The van der Waals surface area contributed by atoms with E-state index >= 15 is 0 Å². The first-order chi connectivity index (χ1) is 9.01. The summed E-state index contributed by atoms with van der Waals surface area (Å²) in [5, 5.41) is 9.12. The van der Waals surface area contributed by atoms with Crippen LogP contribution in [-0.2, 0) is 0 Å². The van der Waals surface area contributed by atoms with Crippen LogP contribution in [0, 0.1) is 11.3 Å². The quantitative estimate of drug-likeness (QED) is 0.641. The van der Waals surface area contributed by atoms with Gasteiger partial charge in [-0.1, -0.05) is 11.6 Å². The number of anilines is 1. The Morgan fingerprint density at radius 3 is 2.79 bits per heavy atom. The number of carbonyl (C=O) groups excluding carboxylic acids is 1. The third kappa shape index (κ3) is 3.85. The Morgan fingerprint density at radius 1 is 1.58 bits per heavy atom. The molecule has 1 aromatic carbocycles. The maximum absolute atomic E-state index is 12.5. The number of rotatable bonds is 5.